The lowest BCUT2D eigenvalue weighted by molar-refractivity contribution is 0.322. The van der Waals surface area contributed by atoms with Gasteiger partial charge in [0.1, 0.15) is 6.61 Å². The summed E-state index contributed by atoms with van der Waals surface area (Å²) in [7, 11) is 0. The Bertz CT molecular complexity index is 556. The van der Waals surface area contributed by atoms with Gasteiger partial charge in [0.15, 0.2) is 11.1 Å². The van der Waals surface area contributed by atoms with Gasteiger partial charge in [-0.2, -0.15) is 0 Å². The van der Waals surface area contributed by atoms with Gasteiger partial charge >= 0.3 is 0 Å². The summed E-state index contributed by atoms with van der Waals surface area (Å²) in [6, 6.07) is 3.85. The summed E-state index contributed by atoms with van der Waals surface area (Å²) in [4.78, 5) is 8.48. The third kappa shape index (κ3) is 1.53. The van der Waals surface area contributed by atoms with E-state index in [0.717, 1.165) is 22.2 Å². The minimum Gasteiger partial charge on any atom is -0.284 e. The second kappa shape index (κ2) is 3.36. The number of hydrogen-bond donors (Lipinski definition) is 0. The molecule has 3 heterocycles. The molecule has 0 aromatic carbocycles. The van der Waals surface area contributed by atoms with Crippen LogP contribution in [-0.2, 0) is 27.6 Å². The standard InChI is InChI=1S/C10H8N2O2S/c13-15-6-8-3-7-4-11-2-1-9(7)12-10(8)5-14-15/h1-4H,5-6H2. The molecule has 0 saturated carbocycles. The van der Waals surface area contributed by atoms with Crippen LogP contribution in [0, 0.1) is 0 Å². The van der Waals surface area contributed by atoms with Crippen molar-refractivity contribution in [1.82, 2.24) is 9.97 Å². The first-order chi connectivity index (χ1) is 7.33. The third-order valence-electron chi connectivity index (χ3n) is 2.38. The van der Waals surface area contributed by atoms with Gasteiger partial charge in [-0.25, -0.2) is 9.19 Å². The molecule has 5 heteroatoms. The Balaban J connectivity index is 2.24. The molecule has 1 atom stereocenters. The van der Waals surface area contributed by atoms with Crippen LogP contribution in [0.15, 0.2) is 24.5 Å². The normalized spacial score (nSPS) is 20.1. The molecule has 2 aromatic heterocycles. The zero-order valence-electron chi connectivity index (χ0n) is 7.84. The molecule has 76 valence electrons. The minimum absolute atomic E-state index is 0.334. The van der Waals surface area contributed by atoms with Crippen molar-refractivity contribution in [3.8, 4) is 0 Å². The average Bonchev–Trinajstić information content (AvgIpc) is 2.26. The van der Waals surface area contributed by atoms with E-state index in [2.05, 4.69) is 9.97 Å². The Morgan fingerprint density at radius 3 is 3.33 bits per heavy atom. The van der Waals surface area contributed by atoms with Crippen molar-refractivity contribution in [1.29, 1.82) is 0 Å². The van der Waals surface area contributed by atoms with Crippen molar-refractivity contribution < 1.29 is 8.39 Å². The number of aromatic nitrogens is 2. The summed E-state index contributed by atoms with van der Waals surface area (Å²) in [5.41, 5.74) is 2.79. The molecule has 0 fully saturated rings. The van der Waals surface area contributed by atoms with Gasteiger partial charge in [0, 0.05) is 17.8 Å². The first-order valence-electron chi connectivity index (χ1n) is 4.57. The highest BCUT2D eigenvalue weighted by atomic mass is 32.2. The quantitative estimate of drug-likeness (QED) is 0.672. The summed E-state index contributed by atoms with van der Waals surface area (Å²) in [5, 5.41) is 0.982. The summed E-state index contributed by atoms with van der Waals surface area (Å²) in [6.45, 7) is 0.334. The van der Waals surface area contributed by atoms with Crippen LogP contribution in [-0.4, -0.2) is 14.2 Å². The number of pyridine rings is 2. The lowest BCUT2D eigenvalue weighted by atomic mass is 10.1. The fourth-order valence-electron chi connectivity index (χ4n) is 1.64. The molecular weight excluding hydrogens is 212 g/mol. The van der Waals surface area contributed by atoms with E-state index in [4.69, 9.17) is 4.18 Å². The molecule has 3 rings (SSSR count). The predicted octanol–water partition coefficient (Wildman–Crippen LogP) is 1.32. The molecule has 0 saturated heterocycles. The molecule has 0 aliphatic carbocycles. The molecule has 0 radical (unpaired) electrons. The Hall–Kier alpha value is -1.33. The number of fused-ring (bicyclic) bond motifs is 2. The third-order valence-corrected chi connectivity index (χ3v) is 3.31. The second-order valence-electron chi connectivity index (χ2n) is 3.37. The van der Waals surface area contributed by atoms with Crippen molar-refractivity contribution in [2.24, 2.45) is 0 Å². The molecule has 1 unspecified atom stereocenters. The van der Waals surface area contributed by atoms with Gasteiger partial charge in [-0.3, -0.25) is 9.17 Å². The van der Waals surface area contributed by atoms with E-state index >= 15 is 0 Å². The van der Waals surface area contributed by atoms with E-state index < -0.39 is 11.1 Å². The van der Waals surface area contributed by atoms with Crippen LogP contribution >= 0.6 is 0 Å². The topological polar surface area (TPSA) is 52.1 Å². The molecule has 0 bridgehead atoms. The second-order valence-corrected chi connectivity index (χ2v) is 4.50. The van der Waals surface area contributed by atoms with Gasteiger partial charge in [0.2, 0.25) is 0 Å². The highest BCUT2D eigenvalue weighted by molar-refractivity contribution is 7.79. The maximum atomic E-state index is 11.2. The van der Waals surface area contributed by atoms with Crippen LogP contribution in [0.1, 0.15) is 11.3 Å². The molecule has 1 aliphatic heterocycles. The van der Waals surface area contributed by atoms with E-state index in [1.54, 1.807) is 12.4 Å². The molecule has 0 N–H and O–H groups in total. The van der Waals surface area contributed by atoms with Crippen LogP contribution in [0.3, 0.4) is 0 Å². The Kier molecular flexibility index (Phi) is 2.00. The molecular formula is C10H8N2O2S. The number of hydrogen-bond acceptors (Lipinski definition) is 4. The molecule has 4 nitrogen and oxygen atoms in total. The van der Waals surface area contributed by atoms with Crippen molar-refractivity contribution in [3.63, 3.8) is 0 Å². The zero-order chi connectivity index (χ0) is 10.3. The summed E-state index contributed by atoms with van der Waals surface area (Å²) in [5.74, 6) is 0.424. The number of rotatable bonds is 0. The van der Waals surface area contributed by atoms with E-state index in [9.17, 15) is 4.21 Å². The fraction of sp³-hybridized carbons (Fsp3) is 0.200. The first kappa shape index (κ1) is 8.94. The predicted molar refractivity (Wildman–Crippen MR) is 56.2 cm³/mol. The highest BCUT2D eigenvalue weighted by Crippen LogP contribution is 2.22. The maximum Gasteiger partial charge on any atom is 0.160 e. The van der Waals surface area contributed by atoms with Crippen molar-refractivity contribution >= 4 is 22.0 Å². The Morgan fingerprint density at radius 1 is 1.47 bits per heavy atom. The van der Waals surface area contributed by atoms with Gasteiger partial charge in [-0.05, 0) is 17.7 Å². The Morgan fingerprint density at radius 2 is 2.40 bits per heavy atom. The molecule has 0 spiro atoms. The van der Waals surface area contributed by atoms with Gasteiger partial charge in [0.25, 0.3) is 0 Å². The van der Waals surface area contributed by atoms with Crippen LogP contribution < -0.4 is 0 Å². The van der Waals surface area contributed by atoms with Gasteiger partial charge in [0.05, 0.1) is 17.0 Å². The lowest BCUT2D eigenvalue weighted by Crippen LogP contribution is -2.12. The van der Waals surface area contributed by atoms with E-state index in [1.165, 1.54) is 0 Å². The van der Waals surface area contributed by atoms with E-state index in [0.29, 0.717) is 12.4 Å². The fourth-order valence-corrected chi connectivity index (χ4v) is 2.47. The molecule has 2 aromatic rings. The maximum absolute atomic E-state index is 11.2. The molecule has 15 heavy (non-hydrogen) atoms. The van der Waals surface area contributed by atoms with Crippen LogP contribution in [0.4, 0.5) is 0 Å². The number of nitrogens with zero attached hydrogens (tertiary/aromatic N) is 2. The summed E-state index contributed by atoms with van der Waals surface area (Å²) in [6.07, 6.45) is 3.48. The molecule has 1 aliphatic rings. The first-order valence-corrected chi connectivity index (χ1v) is 5.81. The SMILES string of the molecule is O=S1Cc2cc3cnccc3nc2CO1. The van der Waals surface area contributed by atoms with Crippen LogP contribution in [0.25, 0.3) is 10.9 Å². The lowest BCUT2D eigenvalue weighted by Gasteiger charge is -2.14. The van der Waals surface area contributed by atoms with E-state index in [-0.39, 0.29) is 0 Å². The van der Waals surface area contributed by atoms with Crippen molar-refractivity contribution in [2.75, 3.05) is 0 Å². The zero-order valence-corrected chi connectivity index (χ0v) is 8.66. The van der Waals surface area contributed by atoms with Gasteiger partial charge in [-0.15, -0.1) is 0 Å². The monoisotopic (exact) mass is 220 g/mol. The smallest absolute Gasteiger partial charge is 0.160 e. The van der Waals surface area contributed by atoms with Gasteiger partial charge in [-0.1, -0.05) is 0 Å². The molecule has 0 amide bonds. The minimum atomic E-state index is -1.20. The van der Waals surface area contributed by atoms with E-state index in [1.807, 2.05) is 12.1 Å². The van der Waals surface area contributed by atoms with Gasteiger partial charge < -0.3 is 0 Å². The summed E-state index contributed by atoms with van der Waals surface area (Å²) >= 11 is -1.20. The van der Waals surface area contributed by atoms with Crippen molar-refractivity contribution in [2.45, 2.75) is 12.4 Å². The van der Waals surface area contributed by atoms with Crippen LogP contribution in [0.5, 0.6) is 0 Å². The largest absolute Gasteiger partial charge is 0.284 e. The van der Waals surface area contributed by atoms with Crippen LogP contribution in [0.2, 0.25) is 0 Å². The average molecular weight is 220 g/mol. The highest BCUT2D eigenvalue weighted by Gasteiger charge is 2.17. The van der Waals surface area contributed by atoms with Crippen molar-refractivity contribution in [3.05, 3.63) is 35.8 Å². The summed E-state index contributed by atoms with van der Waals surface area (Å²) < 4.78 is 16.3. The Labute approximate surface area is 89.0 Å².